The minimum absolute atomic E-state index is 0.487. The van der Waals surface area contributed by atoms with E-state index in [1.807, 2.05) is 24.3 Å². The Morgan fingerprint density at radius 2 is 1.31 bits per heavy atom. The zero-order valence-corrected chi connectivity index (χ0v) is 19.8. The van der Waals surface area contributed by atoms with Gasteiger partial charge >= 0.3 is 0 Å². The fourth-order valence-corrected chi connectivity index (χ4v) is 5.78. The molecule has 0 amide bonds. The van der Waals surface area contributed by atoms with Crippen LogP contribution in [0.2, 0.25) is 0 Å². The average molecular weight is 460 g/mol. The van der Waals surface area contributed by atoms with Gasteiger partial charge in [0.15, 0.2) is 0 Å². The van der Waals surface area contributed by atoms with Gasteiger partial charge in [0.25, 0.3) is 0 Å². The van der Waals surface area contributed by atoms with Gasteiger partial charge in [0.05, 0.1) is 0 Å². The molecule has 2 heteroatoms. The Balaban J connectivity index is 1.31. The molecule has 1 aromatic carbocycles. The molecule has 0 heterocycles. The molecular weight excluding hydrogens is 420 g/mol. The Morgan fingerprint density at radius 3 is 1.83 bits per heavy atom. The summed E-state index contributed by atoms with van der Waals surface area (Å²) in [5.41, 5.74) is 0.972. The molecule has 2 aliphatic carbocycles. The lowest BCUT2D eigenvalue weighted by Crippen LogP contribution is -2.20. The van der Waals surface area contributed by atoms with Crippen LogP contribution in [0.1, 0.15) is 96.0 Å². The van der Waals surface area contributed by atoms with Crippen molar-refractivity contribution in [2.24, 2.45) is 23.7 Å². The summed E-state index contributed by atoms with van der Waals surface area (Å²) in [6, 6.07) is 7.97. The van der Waals surface area contributed by atoms with Crippen molar-refractivity contribution in [1.82, 2.24) is 0 Å². The highest BCUT2D eigenvalue weighted by atomic mass is 79.9. The predicted octanol–water partition coefficient (Wildman–Crippen LogP) is 7.74. The quantitative estimate of drug-likeness (QED) is 0.414. The number of hydrogen-bond donors (Lipinski definition) is 1. The van der Waals surface area contributed by atoms with Crippen molar-refractivity contribution in [2.45, 2.75) is 96.5 Å². The maximum Gasteiger partial charge on any atom is 0.115 e. The topological polar surface area (TPSA) is 20.2 Å². The zero-order valence-electron chi connectivity index (χ0n) is 18.2. The van der Waals surface area contributed by atoms with Gasteiger partial charge in [-0.15, -0.1) is 0 Å². The number of rotatable bonds is 7. The van der Waals surface area contributed by atoms with Gasteiger partial charge < -0.3 is 5.11 Å². The van der Waals surface area contributed by atoms with Crippen LogP contribution in [0.4, 0.5) is 0 Å². The standard InChI is InChI=1S/C27H39BrO/c1-2-3-21-4-6-22(7-5-21)8-9-23-10-12-25(13-11-23)20-27(29)19-16-24-14-17-26(28)18-15-24/h14-15,17-18,21-23,25,27,29H,2-13,20H2,1H3/t21-,22-,23-,25-,27?. The first kappa shape index (κ1) is 22.9. The van der Waals surface area contributed by atoms with Crippen LogP contribution < -0.4 is 0 Å². The fourth-order valence-electron chi connectivity index (χ4n) is 5.52. The molecule has 2 saturated carbocycles. The van der Waals surface area contributed by atoms with E-state index in [1.165, 1.54) is 77.0 Å². The van der Waals surface area contributed by atoms with E-state index in [2.05, 4.69) is 34.7 Å². The third-order valence-electron chi connectivity index (χ3n) is 7.40. The highest BCUT2D eigenvalue weighted by Crippen LogP contribution is 2.38. The van der Waals surface area contributed by atoms with Crippen LogP contribution in [0.25, 0.3) is 0 Å². The highest BCUT2D eigenvalue weighted by molar-refractivity contribution is 9.10. The van der Waals surface area contributed by atoms with Gasteiger partial charge in [-0.05, 0) is 54.4 Å². The molecule has 1 nitrogen and oxygen atoms in total. The summed E-state index contributed by atoms with van der Waals surface area (Å²) in [6.45, 7) is 2.33. The maximum absolute atomic E-state index is 10.3. The van der Waals surface area contributed by atoms with Gasteiger partial charge in [-0.25, -0.2) is 0 Å². The Bertz CT molecular complexity index is 639. The molecule has 2 aliphatic rings. The molecule has 29 heavy (non-hydrogen) atoms. The van der Waals surface area contributed by atoms with Crippen LogP contribution in [0.15, 0.2) is 28.7 Å². The van der Waals surface area contributed by atoms with E-state index >= 15 is 0 Å². The largest absolute Gasteiger partial charge is 0.380 e. The van der Waals surface area contributed by atoms with Crippen LogP contribution in [-0.4, -0.2) is 11.2 Å². The van der Waals surface area contributed by atoms with Crippen LogP contribution in [0, 0.1) is 35.5 Å². The minimum Gasteiger partial charge on any atom is -0.380 e. The number of benzene rings is 1. The van der Waals surface area contributed by atoms with Crippen molar-refractivity contribution in [3.8, 4) is 11.8 Å². The van der Waals surface area contributed by atoms with Crippen molar-refractivity contribution in [1.29, 1.82) is 0 Å². The Morgan fingerprint density at radius 1 is 0.828 bits per heavy atom. The van der Waals surface area contributed by atoms with Crippen LogP contribution in [0.3, 0.4) is 0 Å². The SMILES string of the molecule is CCC[C@H]1CC[C@H](CC[C@H]2CC[C@H](CC(O)C#Cc3ccc(Br)cc3)CC2)CC1. The summed E-state index contributed by atoms with van der Waals surface area (Å²) in [6.07, 6.45) is 17.3. The van der Waals surface area contributed by atoms with Crippen molar-refractivity contribution in [3.63, 3.8) is 0 Å². The summed E-state index contributed by atoms with van der Waals surface area (Å²) in [5, 5.41) is 10.3. The summed E-state index contributed by atoms with van der Waals surface area (Å²) < 4.78 is 1.06. The lowest BCUT2D eigenvalue weighted by molar-refractivity contribution is 0.157. The Kier molecular flexibility index (Phi) is 9.60. The molecular formula is C27H39BrO. The molecule has 160 valence electrons. The van der Waals surface area contributed by atoms with Gasteiger partial charge in [0.2, 0.25) is 0 Å². The molecule has 0 aromatic heterocycles. The van der Waals surface area contributed by atoms with Crippen molar-refractivity contribution in [2.75, 3.05) is 0 Å². The van der Waals surface area contributed by atoms with Gasteiger partial charge in [-0.3, -0.25) is 0 Å². The van der Waals surface area contributed by atoms with Crippen LogP contribution in [-0.2, 0) is 0 Å². The van der Waals surface area contributed by atoms with E-state index < -0.39 is 6.10 Å². The van der Waals surface area contributed by atoms with Gasteiger partial charge in [0.1, 0.15) is 6.10 Å². The van der Waals surface area contributed by atoms with E-state index in [-0.39, 0.29) is 0 Å². The Hall–Kier alpha value is -0.780. The first-order valence-corrected chi connectivity index (χ1v) is 12.9. The number of halogens is 1. The van der Waals surface area contributed by atoms with E-state index in [9.17, 15) is 5.11 Å². The smallest absolute Gasteiger partial charge is 0.115 e. The van der Waals surface area contributed by atoms with E-state index in [4.69, 9.17) is 0 Å². The third-order valence-corrected chi connectivity index (χ3v) is 7.93. The first-order chi connectivity index (χ1) is 14.1. The summed E-state index contributed by atoms with van der Waals surface area (Å²) >= 11 is 3.44. The molecule has 1 aromatic rings. The Labute approximate surface area is 187 Å². The van der Waals surface area contributed by atoms with Crippen molar-refractivity contribution >= 4 is 15.9 Å². The normalized spacial score (nSPS) is 28.4. The molecule has 1 atom stereocenters. The van der Waals surface area contributed by atoms with E-state index in [0.717, 1.165) is 34.2 Å². The fraction of sp³-hybridized carbons (Fsp3) is 0.704. The highest BCUT2D eigenvalue weighted by Gasteiger charge is 2.25. The van der Waals surface area contributed by atoms with Crippen LogP contribution in [0.5, 0.6) is 0 Å². The molecule has 0 aliphatic heterocycles. The molecule has 2 fully saturated rings. The monoisotopic (exact) mass is 458 g/mol. The minimum atomic E-state index is -0.487. The summed E-state index contributed by atoms with van der Waals surface area (Å²) in [7, 11) is 0. The lowest BCUT2D eigenvalue weighted by atomic mass is 9.74. The van der Waals surface area contributed by atoms with Crippen LogP contribution >= 0.6 is 15.9 Å². The average Bonchev–Trinajstić information content (AvgIpc) is 2.74. The molecule has 0 saturated heterocycles. The second-order valence-electron chi connectivity index (χ2n) is 9.67. The molecule has 3 rings (SSSR count). The number of hydrogen-bond acceptors (Lipinski definition) is 1. The molecule has 1 N–H and O–H groups in total. The van der Waals surface area contributed by atoms with Crippen molar-refractivity contribution in [3.05, 3.63) is 34.3 Å². The van der Waals surface area contributed by atoms with Gasteiger partial charge in [0, 0.05) is 10.0 Å². The maximum atomic E-state index is 10.3. The second-order valence-corrected chi connectivity index (χ2v) is 10.6. The summed E-state index contributed by atoms with van der Waals surface area (Å²) in [5.74, 6) is 9.80. The predicted molar refractivity (Wildman–Crippen MR) is 127 cm³/mol. The molecule has 0 bridgehead atoms. The van der Waals surface area contributed by atoms with Crippen molar-refractivity contribution < 1.29 is 5.11 Å². The number of aliphatic hydroxyl groups is 1. The van der Waals surface area contributed by atoms with E-state index in [1.54, 1.807) is 0 Å². The molecule has 0 spiro atoms. The lowest BCUT2D eigenvalue weighted by Gasteiger charge is -2.32. The number of aliphatic hydroxyl groups excluding tert-OH is 1. The summed E-state index contributed by atoms with van der Waals surface area (Å²) in [4.78, 5) is 0. The van der Waals surface area contributed by atoms with Gasteiger partial charge in [-0.2, -0.15) is 0 Å². The second kappa shape index (κ2) is 12.2. The molecule has 0 radical (unpaired) electrons. The first-order valence-electron chi connectivity index (χ1n) is 12.1. The third kappa shape index (κ3) is 8.10. The van der Waals surface area contributed by atoms with E-state index in [0.29, 0.717) is 5.92 Å². The molecule has 1 unspecified atom stereocenters. The zero-order chi connectivity index (χ0) is 20.5. The van der Waals surface area contributed by atoms with Gasteiger partial charge in [-0.1, -0.05) is 112 Å².